The third-order valence-electron chi connectivity index (χ3n) is 6.82. The van der Waals surface area contributed by atoms with Gasteiger partial charge in [0.05, 0.1) is 19.0 Å². The minimum absolute atomic E-state index is 0.172. The smallest absolute Gasteiger partial charge is 0.374 e. The zero-order chi connectivity index (χ0) is 30.9. The summed E-state index contributed by atoms with van der Waals surface area (Å²) in [4.78, 5) is 45.5. The quantitative estimate of drug-likeness (QED) is 0.217. The molecule has 4 N–H and O–H groups in total. The summed E-state index contributed by atoms with van der Waals surface area (Å²) in [6.45, 7) is 4.79. The van der Waals surface area contributed by atoms with E-state index in [1.165, 1.54) is 18.1 Å². The van der Waals surface area contributed by atoms with Gasteiger partial charge in [0.25, 0.3) is 0 Å². The predicted octanol–water partition coefficient (Wildman–Crippen LogP) is 2.49. The summed E-state index contributed by atoms with van der Waals surface area (Å²) in [5.74, 6) is -0.122. The minimum atomic E-state index is -1.12. The monoisotopic (exact) mass is 576 g/mol. The third kappa shape index (κ3) is 8.92. The minimum Gasteiger partial charge on any atom is -0.497 e. The second kappa shape index (κ2) is 14.7. The number of likely N-dealkylation sites (N-methyl/N-ethyl adjacent to an activating group) is 1. The fourth-order valence-corrected chi connectivity index (χ4v) is 4.58. The van der Waals surface area contributed by atoms with Crippen molar-refractivity contribution in [2.24, 2.45) is 0 Å². The van der Waals surface area contributed by atoms with E-state index in [4.69, 9.17) is 4.74 Å². The summed E-state index contributed by atoms with van der Waals surface area (Å²) in [7, 11) is 4.01. The Morgan fingerprint density at radius 3 is 2.36 bits per heavy atom. The number of aryl methyl sites for hydroxylation is 1. The fourth-order valence-electron chi connectivity index (χ4n) is 4.58. The number of carbonyl (C=O) groups is 3. The molecule has 0 saturated heterocycles. The van der Waals surface area contributed by atoms with Crippen LogP contribution in [0.5, 0.6) is 5.75 Å². The molecule has 224 valence electrons. The van der Waals surface area contributed by atoms with Gasteiger partial charge >= 0.3 is 7.05 Å². The van der Waals surface area contributed by atoms with Crippen LogP contribution in [-0.4, -0.2) is 77.0 Å². The molecule has 3 amide bonds. The Kier molecular flexibility index (Phi) is 11.3. The number of imidazole rings is 1. The van der Waals surface area contributed by atoms with Gasteiger partial charge < -0.3 is 35.1 Å². The van der Waals surface area contributed by atoms with E-state index in [1.807, 2.05) is 42.5 Å². The number of methoxy groups -OCH3 is 1. The van der Waals surface area contributed by atoms with Crippen molar-refractivity contribution in [3.05, 3.63) is 78.2 Å². The summed E-state index contributed by atoms with van der Waals surface area (Å²) < 4.78 is 6.88. The number of rotatable bonds is 14. The van der Waals surface area contributed by atoms with Crippen molar-refractivity contribution in [1.82, 2.24) is 25.0 Å². The van der Waals surface area contributed by atoms with Crippen molar-refractivity contribution < 1.29 is 24.1 Å². The van der Waals surface area contributed by atoms with E-state index in [-0.39, 0.29) is 11.7 Å². The Balaban J connectivity index is 1.79. The maximum atomic E-state index is 13.5. The van der Waals surface area contributed by atoms with Gasteiger partial charge in [0.15, 0.2) is 5.82 Å². The normalized spacial score (nSPS) is 12.6. The van der Waals surface area contributed by atoms with Crippen molar-refractivity contribution in [2.75, 3.05) is 26.5 Å². The van der Waals surface area contributed by atoms with E-state index in [1.54, 1.807) is 57.9 Å². The predicted molar refractivity (Wildman–Crippen MR) is 163 cm³/mol. The van der Waals surface area contributed by atoms with E-state index in [0.717, 1.165) is 17.5 Å². The Morgan fingerprint density at radius 1 is 1.10 bits per heavy atom. The van der Waals surface area contributed by atoms with Gasteiger partial charge in [-0.05, 0) is 63.2 Å². The highest BCUT2D eigenvalue weighted by atomic mass is 16.5. The summed E-state index contributed by atoms with van der Waals surface area (Å²) >= 11 is 0. The van der Waals surface area contributed by atoms with Crippen molar-refractivity contribution >= 4 is 30.6 Å². The van der Waals surface area contributed by atoms with E-state index in [0.29, 0.717) is 18.6 Å². The van der Waals surface area contributed by atoms with Crippen LogP contribution in [0.25, 0.3) is 0 Å². The van der Waals surface area contributed by atoms with E-state index in [2.05, 4.69) is 20.8 Å². The van der Waals surface area contributed by atoms with Gasteiger partial charge in [0.2, 0.25) is 17.7 Å². The molecule has 0 radical (unpaired) electrons. The summed E-state index contributed by atoms with van der Waals surface area (Å²) in [6, 6.07) is 15.5. The zero-order valence-corrected chi connectivity index (χ0v) is 25.1. The van der Waals surface area contributed by atoms with Crippen LogP contribution in [0, 0.1) is 0 Å². The molecular weight excluding hydrogens is 535 g/mol. The van der Waals surface area contributed by atoms with Gasteiger partial charge in [-0.2, -0.15) is 0 Å². The highest BCUT2D eigenvalue weighted by molar-refractivity contribution is 6.46. The molecule has 0 aliphatic carbocycles. The van der Waals surface area contributed by atoms with Crippen molar-refractivity contribution in [1.29, 1.82) is 0 Å². The lowest BCUT2D eigenvalue weighted by Gasteiger charge is -2.28. The lowest BCUT2D eigenvalue weighted by molar-refractivity contribution is -0.131. The first-order valence-corrected chi connectivity index (χ1v) is 13.9. The second-order valence-corrected chi connectivity index (χ2v) is 11.0. The van der Waals surface area contributed by atoms with Crippen molar-refractivity contribution in [3.63, 3.8) is 0 Å². The molecule has 0 saturated carbocycles. The molecule has 1 aromatic heterocycles. The molecule has 3 aromatic rings. The van der Waals surface area contributed by atoms with Gasteiger partial charge in [-0.1, -0.05) is 42.5 Å². The van der Waals surface area contributed by atoms with Gasteiger partial charge in [-0.25, -0.2) is 4.98 Å². The number of benzene rings is 2. The molecular formula is C30H41BN6O5. The van der Waals surface area contributed by atoms with Gasteiger partial charge in [-0.15, -0.1) is 0 Å². The molecule has 0 aliphatic rings. The van der Waals surface area contributed by atoms with E-state index >= 15 is 0 Å². The van der Waals surface area contributed by atoms with Crippen molar-refractivity contribution in [2.45, 2.75) is 57.6 Å². The molecule has 0 aliphatic heterocycles. The van der Waals surface area contributed by atoms with Crippen LogP contribution in [-0.2, 0) is 20.8 Å². The summed E-state index contributed by atoms with van der Waals surface area (Å²) in [5, 5.41) is 18.2. The number of carbonyl (C=O) groups excluding carboxylic acids is 3. The molecule has 2 atom stereocenters. The Bertz CT molecular complexity index is 1330. The number of nitrogens with zero attached hydrogens (tertiary/aromatic N) is 3. The highest BCUT2D eigenvalue weighted by Crippen LogP contribution is 2.24. The molecule has 3 rings (SSSR count). The molecule has 42 heavy (non-hydrogen) atoms. The lowest BCUT2D eigenvalue weighted by atomic mass is 9.83. The van der Waals surface area contributed by atoms with Gasteiger partial charge in [0, 0.05) is 20.3 Å². The van der Waals surface area contributed by atoms with Crippen LogP contribution >= 0.6 is 0 Å². The summed E-state index contributed by atoms with van der Waals surface area (Å²) in [5.41, 5.74) is 0.739. The fraction of sp³-hybridized carbons (Fsp3) is 0.400. The maximum Gasteiger partial charge on any atom is 0.374 e. The first-order valence-electron chi connectivity index (χ1n) is 13.9. The average Bonchev–Trinajstić information content (AvgIpc) is 3.40. The van der Waals surface area contributed by atoms with Crippen LogP contribution in [0.4, 0.5) is 5.82 Å². The standard InChI is InChI=1S/C30H41BN6O5/c1-30(2,35-31(3)41)29(40)33-24(14-10-13-21-11-8-7-9-12-21)27(38)34-25-19-37(20-32-25)26(28(39)36(4)5)22-15-17-23(42-6)18-16-22/h7-9,11-12,15-20,24,26,35,41H,10,13-14H2,1-6H3,(H,33,40)(H,34,38). The number of ether oxygens (including phenoxy) is 1. The zero-order valence-electron chi connectivity index (χ0n) is 25.1. The molecule has 0 bridgehead atoms. The van der Waals surface area contributed by atoms with Crippen LogP contribution in [0.1, 0.15) is 43.9 Å². The molecule has 12 heteroatoms. The van der Waals surface area contributed by atoms with Gasteiger partial charge in [-0.3, -0.25) is 14.4 Å². The SMILES string of the molecule is COc1ccc(C(C(=O)N(C)C)n2cnc(NC(=O)C(CCCc3ccccc3)NC(=O)C(C)(C)NB(C)O)c2)cc1. The van der Waals surface area contributed by atoms with Crippen LogP contribution in [0.15, 0.2) is 67.1 Å². The highest BCUT2D eigenvalue weighted by Gasteiger charge is 2.33. The Labute approximate surface area is 247 Å². The Hall–Kier alpha value is -4.16. The Morgan fingerprint density at radius 2 is 1.76 bits per heavy atom. The number of hydrogen-bond acceptors (Lipinski definition) is 7. The molecule has 1 heterocycles. The molecule has 2 aromatic carbocycles. The number of nitrogens with one attached hydrogen (secondary N) is 3. The van der Waals surface area contributed by atoms with Gasteiger partial charge in [0.1, 0.15) is 17.8 Å². The maximum absolute atomic E-state index is 13.5. The van der Waals surface area contributed by atoms with E-state index < -0.39 is 36.5 Å². The van der Waals surface area contributed by atoms with Crippen molar-refractivity contribution in [3.8, 4) is 5.75 Å². The first-order chi connectivity index (χ1) is 19.9. The third-order valence-corrected chi connectivity index (χ3v) is 6.82. The number of anilines is 1. The summed E-state index contributed by atoms with van der Waals surface area (Å²) in [6.07, 6.45) is 4.85. The van der Waals surface area contributed by atoms with Crippen LogP contribution in [0.2, 0.25) is 6.82 Å². The molecule has 0 fully saturated rings. The molecule has 2 unspecified atom stereocenters. The number of aromatic nitrogens is 2. The molecule has 11 nitrogen and oxygen atoms in total. The number of hydrogen-bond donors (Lipinski definition) is 4. The van der Waals surface area contributed by atoms with Crippen LogP contribution < -0.4 is 20.6 Å². The second-order valence-electron chi connectivity index (χ2n) is 11.0. The number of amides is 3. The lowest BCUT2D eigenvalue weighted by Crippen LogP contribution is -2.60. The van der Waals surface area contributed by atoms with Crippen LogP contribution in [0.3, 0.4) is 0 Å². The largest absolute Gasteiger partial charge is 0.497 e. The average molecular weight is 577 g/mol. The topological polar surface area (TPSA) is 138 Å². The van der Waals surface area contributed by atoms with E-state index in [9.17, 15) is 19.4 Å². The first kappa shape index (κ1) is 32.4. The molecule has 0 spiro atoms.